The molecule has 0 fully saturated rings. The Kier molecular flexibility index (Phi) is 4.67. The zero-order valence-electron chi connectivity index (χ0n) is 10.7. The molecule has 0 aliphatic heterocycles. The Morgan fingerprint density at radius 1 is 1.35 bits per heavy atom. The van der Waals surface area contributed by atoms with Gasteiger partial charge in [-0.1, -0.05) is 11.6 Å². The van der Waals surface area contributed by atoms with Crippen LogP contribution in [-0.4, -0.2) is 12.1 Å². The second-order valence-corrected chi connectivity index (χ2v) is 5.18. The Morgan fingerprint density at radius 3 is 2.80 bits per heavy atom. The first-order valence-corrected chi connectivity index (χ1v) is 6.79. The van der Waals surface area contributed by atoms with Crippen molar-refractivity contribution in [3.8, 4) is 5.88 Å². The van der Waals surface area contributed by atoms with Gasteiger partial charge in [-0.25, -0.2) is 13.8 Å². The second kappa shape index (κ2) is 6.28. The van der Waals surface area contributed by atoms with Gasteiger partial charge in [-0.2, -0.15) is 0 Å². The molecule has 0 aliphatic rings. The Morgan fingerprint density at radius 2 is 2.10 bits per heavy atom. The van der Waals surface area contributed by atoms with Crippen molar-refractivity contribution in [1.29, 1.82) is 0 Å². The van der Waals surface area contributed by atoms with E-state index in [4.69, 9.17) is 16.3 Å². The maximum atomic E-state index is 13.8. The molecule has 2 aromatic rings. The van der Waals surface area contributed by atoms with E-state index in [1.807, 2.05) is 0 Å². The molecule has 2 rings (SSSR count). The summed E-state index contributed by atoms with van der Waals surface area (Å²) in [5.74, 6) is -0.849. The van der Waals surface area contributed by atoms with E-state index in [2.05, 4.69) is 9.71 Å². The fourth-order valence-corrected chi connectivity index (χ4v) is 2.49. The maximum Gasteiger partial charge on any atom is 0.228 e. The average Bonchev–Trinajstić information content (AvgIpc) is 2.44. The van der Waals surface area contributed by atoms with Crippen LogP contribution in [0.1, 0.15) is 5.56 Å². The predicted octanol–water partition coefficient (Wildman–Crippen LogP) is 4.45. The lowest BCUT2D eigenvalue weighted by molar-refractivity contribution is 0.387. The van der Waals surface area contributed by atoms with Gasteiger partial charge in [-0.3, -0.25) is 0 Å². The number of aromatic nitrogens is 1. The Hall–Kier alpha value is -1.53. The summed E-state index contributed by atoms with van der Waals surface area (Å²) in [6, 6.07) is 4.17. The molecule has 0 spiro atoms. The molecule has 1 aromatic heterocycles. The highest BCUT2D eigenvalue weighted by Crippen LogP contribution is 2.32. The largest absolute Gasteiger partial charge is 0.480 e. The molecule has 106 valence electrons. The summed E-state index contributed by atoms with van der Waals surface area (Å²) in [5.41, 5.74) is 0.141. The molecule has 1 heterocycles. The molecule has 0 saturated carbocycles. The van der Waals surface area contributed by atoms with Crippen LogP contribution in [0.5, 0.6) is 5.88 Å². The van der Waals surface area contributed by atoms with E-state index in [0.29, 0.717) is 15.8 Å². The molecular weight excluding hydrogens is 306 g/mol. The first kappa shape index (κ1) is 14.9. The van der Waals surface area contributed by atoms with Crippen molar-refractivity contribution in [2.45, 2.75) is 11.8 Å². The summed E-state index contributed by atoms with van der Waals surface area (Å²) < 4.78 is 34.9. The number of anilines is 1. The number of benzene rings is 1. The zero-order valence-corrected chi connectivity index (χ0v) is 12.3. The quantitative estimate of drug-likeness (QED) is 0.845. The highest BCUT2D eigenvalue weighted by molar-refractivity contribution is 8.00. The minimum Gasteiger partial charge on any atom is -0.480 e. The molecule has 1 N–H and O–H groups in total. The number of pyridine rings is 1. The maximum absolute atomic E-state index is 13.8. The SMILES string of the molecule is COc1ncc(Cl)cc1SNc1ccc(F)c(C)c1F. The van der Waals surface area contributed by atoms with Crippen molar-refractivity contribution in [2.75, 3.05) is 11.8 Å². The van der Waals surface area contributed by atoms with Crippen LogP contribution in [0, 0.1) is 18.6 Å². The van der Waals surface area contributed by atoms with Crippen LogP contribution in [0.3, 0.4) is 0 Å². The van der Waals surface area contributed by atoms with Crippen molar-refractivity contribution in [1.82, 2.24) is 4.98 Å². The van der Waals surface area contributed by atoms with Gasteiger partial charge < -0.3 is 9.46 Å². The zero-order chi connectivity index (χ0) is 14.7. The second-order valence-electron chi connectivity index (χ2n) is 3.90. The average molecular weight is 317 g/mol. The number of rotatable bonds is 4. The van der Waals surface area contributed by atoms with Crippen LogP contribution >= 0.6 is 23.5 Å². The third-order valence-corrected chi connectivity index (χ3v) is 3.61. The van der Waals surface area contributed by atoms with Gasteiger partial charge in [0.25, 0.3) is 0 Å². The molecule has 0 saturated heterocycles. The topological polar surface area (TPSA) is 34.1 Å². The van der Waals surface area contributed by atoms with E-state index in [0.717, 1.165) is 11.9 Å². The molecule has 7 heteroatoms. The van der Waals surface area contributed by atoms with E-state index in [1.165, 1.54) is 32.4 Å². The molecule has 0 amide bonds. The van der Waals surface area contributed by atoms with E-state index in [1.54, 1.807) is 6.07 Å². The number of ether oxygens (including phenoxy) is 1. The number of nitrogens with one attached hydrogen (secondary N) is 1. The normalized spacial score (nSPS) is 10.4. The minimum absolute atomic E-state index is 0.0354. The smallest absolute Gasteiger partial charge is 0.228 e. The lowest BCUT2D eigenvalue weighted by Gasteiger charge is -2.10. The summed E-state index contributed by atoms with van der Waals surface area (Å²) >= 11 is 6.93. The lowest BCUT2D eigenvalue weighted by Crippen LogP contribution is -1.97. The van der Waals surface area contributed by atoms with E-state index < -0.39 is 11.6 Å². The molecule has 1 aromatic carbocycles. The van der Waals surface area contributed by atoms with Crippen molar-refractivity contribution >= 4 is 29.2 Å². The highest BCUT2D eigenvalue weighted by atomic mass is 35.5. The van der Waals surface area contributed by atoms with Gasteiger partial charge in [0.1, 0.15) is 5.82 Å². The molecular formula is C13H11ClF2N2OS. The van der Waals surface area contributed by atoms with E-state index >= 15 is 0 Å². The summed E-state index contributed by atoms with van der Waals surface area (Å²) in [7, 11) is 1.48. The Labute approximate surface area is 124 Å². The summed E-state index contributed by atoms with van der Waals surface area (Å²) in [6.45, 7) is 1.38. The highest BCUT2D eigenvalue weighted by Gasteiger charge is 2.12. The standard InChI is InChI=1S/C13H11ClF2N2OS/c1-7-9(15)3-4-10(12(7)16)18-20-11-5-8(14)6-17-13(11)19-2/h3-6,18H,1-2H3. The van der Waals surface area contributed by atoms with Crippen LogP contribution in [0.2, 0.25) is 5.02 Å². The van der Waals surface area contributed by atoms with Gasteiger partial charge in [0.15, 0.2) is 5.82 Å². The number of nitrogens with zero attached hydrogens (tertiary/aromatic N) is 1. The summed E-state index contributed by atoms with van der Waals surface area (Å²) in [5, 5.41) is 0.436. The molecule has 0 unspecified atom stereocenters. The van der Waals surface area contributed by atoms with Crippen LogP contribution < -0.4 is 9.46 Å². The Bertz CT molecular complexity index is 640. The number of methoxy groups -OCH3 is 1. The fourth-order valence-electron chi connectivity index (χ4n) is 1.48. The van der Waals surface area contributed by atoms with Crippen molar-refractivity contribution in [3.63, 3.8) is 0 Å². The minimum atomic E-state index is -0.633. The van der Waals surface area contributed by atoms with Gasteiger partial charge in [0, 0.05) is 11.8 Å². The monoisotopic (exact) mass is 316 g/mol. The van der Waals surface area contributed by atoms with Crippen LogP contribution in [0.25, 0.3) is 0 Å². The molecule has 3 nitrogen and oxygen atoms in total. The number of hydrogen-bond donors (Lipinski definition) is 1. The van der Waals surface area contributed by atoms with Gasteiger partial charge >= 0.3 is 0 Å². The van der Waals surface area contributed by atoms with E-state index in [9.17, 15) is 8.78 Å². The van der Waals surface area contributed by atoms with Gasteiger partial charge in [-0.05, 0) is 37.1 Å². The lowest BCUT2D eigenvalue weighted by atomic mass is 10.2. The van der Waals surface area contributed by atoms with Gasteiger partial charge in [0.05, 0.1) is 22.7 Å². The van der Waals surface area contributed by atoms with Crippen LogP contribution in [0.4, 0.5) is 14.5 Å². The number of halogens is 3. The van der Waals surface area contributed by atoms with Crippen molar-refractivity contribution in [2.24, 2.45) is 0 Å². The van der Waals surface area contributed by atoms with E-state index in [-0.39, 0.29) is 11.3 Å². The molecule has 20 heavy (non-hydrogen) atoms. The van der Waals surface area contributed by atoms with Crippen LogP contribution in [-0.2, 0) is 0 Å². The number of hydrogen-bond acceptors (Lipinski definition) is 4. The molecule has 0 aliphatic carbocycles. The van der Waals surface area contributed by atoms with Crippen molar-refractivity contribution < 1.29 is 13.5 Å². The fraction of sp³-hybridized carbons (Fsp3) is 0.154. The Balaban J connectivity index is 2.21. The molecule has 0 radical (unpaired) electrons. The first-order valence-electron chi connectivity index (χ1n) is 5.60. The third-order valence-electron chi connectivity index (χ3n) is 2.57. The van der Waals surface area contributed by atoms with Gasteiger partial charge in [-0.15, -0.1) is 0 Å². The van der Waals surface area contributed by atoms with Gasteiger partial charge in [0.2, 0.25) is 5.88 Å². The summed E-state index contributed by atoms with van der Waals surface area (Å²) in [6.07, 6.45) is 1.45. The van der Waals surface area contributed by atoms with Crippen molar-refractivity contribution in [3.05, 3.63) is 46.6 Å². The van der Waals surface area contributed by atoms with Crippen LogP contribution in [0.15, 0.2) is 29.3 Å². The summed E-state index contributed by atoms with van der Waals surface area (Å²) in [4.78, 5) is 4.59. The predicted molar refractivity (Wildman–Crippen MR) is 76.4 cm³/mol. The third kappa shape index (κ3) is 3.13. The molecule has 0 bridgehead atoms. The first-order chi connectivity index (χ1) is 9.52. The molecule has 0 atom stereocenters.